The summed E-state index contributed by atoms with van der Waals surface area (Å²) in [5.41, 5.74) is 0.703. The number of hydrogen-bond donors (Lipinski definition) is 1. The fraction of sp³-hybridized carbons (Fsp3) is 0.500. The number of hydrogen-bond acceptors (Lipinski definition) is 2. The van der Waals surface area contributed by atoms with Crippen LogP contribution in [0.3, 0.4) is 0 Å². The number of carbonyl (C=O) groups is 2. The molecule has 0 aromatic heterocycles. The van der Waals surface area contributed by atoms with E-state index in [1.165, 1.54) is 16.2 Å². The summed E-state index contributed by atoms with van der Waals surface area (Å²) in [5.74, 6) is -0.0820. The molecule has 2 amide bonds. The zero-order chi connectivity index (χ0) is 14.1. The highest BCUT2D eigenvalue weighted by molar-refractivity contribution is 6.21. The van der Waals surface area contributed by atoms with Crippen LogP contribution in [0.2, 0.25) is 0 Å². The molecule has 1 unspecified atom stereocenters. The fourth-order valence-electron chi connectivity index (χ4n) is 3.50. The summed E-state index contributed by atoms with van der Waals surface area (Å²) in [6.07, 6.45) is 3.90. The van der Waals surface area contributed by atoms with Gasteiger partial charge >= 0.3 is 0 Å². The van der Waals surface area contributed by atoms with Gasteiger partial charge in [0.15, 0.2) is 6.04 Å². The SMILES string of the molecule is C[C@H]1CCCC[NH+]1[C@@H]1CC(=O)N(c2ccccc2)C1=O. The summed E-state index contributed by atoms with van der Waals surface area (Å²) in [6, 6.07) is 9.56. The molecule has 3 rings (SSSR count). The van der Waals surface area contributed by atoms with Crippen LogP contribution >= 0.6 is 0 Å². The Bertz CT molecular complexity index is 514. The smallest absolute Gasteiger partial charge is 0.292 e. The molecule has 3 atom stereocenters. The standard InChI is InChI=1S/C16H20N2O2/c1-12-7-5-6-10-17(12)14-11-15(19)18(16(14)20)13-8-3-2-4-9-13/h2-4,8-9,12,14H,5-7,10-11H2,1H3/p+1/t12-,14+/m0/s1. The first-order chi connectivity index (χ1) is 9.68. The number of nitrogens with one attached hydrogen (secondary N) is 1. The van der Waals surface area contributed by atoms with Crippen molar-refractivity contribution in [1.82, 2.24) is 0 Å². The first-order valence-electron chi connectivity index (χ1n) is 7.46. The van der Waals surface area contributed by atoms with Crippen LogP contribution in [0.25, 0.3) is 0 Å². The summed E-state index contributed by atoms with van der Waals surface area (Å²) in [7, 11) is 0. The van der Waals surface area contributed by atoms with Crippen molar-refractivity contribution in [2.24, 2.45) is 0 Å². The highest BCUT2D eigenvalue weighted by atomic mass is 16.2. The molecule has 1 N–H and O–H groups in total. The molecule has 4 heteroatoms. The van der Waals surface area contributed by atoms with Crippen LogP contribution < -0.4 is 9.80 Å². The molecule has 2 heterocycles. The number of para-hydroxylation sites is 1. The van der Waals surface area contributed by atoms with Crippen molar-refractivity contribution in [2.45, 2.75) is 44.7 Å². The molecule has 20 heavy (non-hydrogen) atoms. The van der Waals surface area contributed by atoms with Crippen molar-refractivity contribution in [3.05, 3.63) is 30.3 Å². The van der Waals surface area contributed by atoms with E-state index in [2.05, 4.69) is 6.92 Å². The molecule has 2 fully saturated rings. The van der Waals surface area contributed by atoms with Gasteiger partial charge in [0.05, 0.1) is 24.7 Å². The van der Waals surface area contributed by atoms with Crippen molar-refractivity contribution in [1.29, 1.82) is 0 Å². The third kappa shape index (κ3) is 2.24. The summed E-state index contributed by atoms with van der Waals surface area (Å²) in [4.78, 5) is 27.6. The van der Waals surface area contributed by atoms with E-state index < -0.39 is 0 Å². The van der Waals surface area contributed by atoms with E-state index in [-0.39, 0.29) is 17.9 Å². The molecular weight excluding hydrogens is 252 g/mol. The highest BCUT2D eigenvalue weighted by Crippen LogP contribution is 2.22. The maximum Gasteiger partial charge on any atom is 0.292 e. The summed E-state index contributed by atoms with van der Waals surface area (Å²) in [5, 5.41) is 0. The number of anilines is 1. The van der Waals surface area contributed by atoms with Gasteiger partial charge in [-0.25, -0.2) is 4.90 Å². The molecule has 106 valence electrons. The average Bonchev–Trinajstić information content (AvgIpc) is 2.75. The maximum absolute atomic E-state index is 12.6. The lowest BCUT2D eigenvalue weighted by molar-refractivity contribution is -0.942. The van der Waals surface area contributed by atoms with E-state index in [9.17, 15) is 9.59 Å². The quantitative estimate of drug-likeness (QED) is 0.809. The van der Waals surface area contributed by atoms with E-state index in [1.54, 1.807) is 0 Å². The van der Waals surface area contributed by atoms with Crippen LogP contribution in [0.1, 0.15) is 32.6 Å². The highest BCUT2D eigenvalue weighted by Gasteiger charge is 2.47. The molecule has 4 nitrogen and oxygen atoms in total. The molecule has 2 saturated heterocycles. The Morgan fingerprint density at radius 2 is 1.90 bits per heavy atom. The molecule has 0 radical (unpaired) electrons. The lowest BCUT2D eigenvalue weighted by Gasteiger charge is -2.33. The Balaban J connectivity index is 1.83. The Kier molecular flexibility index (Phi) is 3.57. The van der Waals surface area contributed by atoms with Crippen LogP contribution in [-0.2, 0) is 9.59 Å². The van der Waals surface area contributed by atoms with Crippen molar-refractivity contribution >= 4 is 17.5 Å². The number of benzene rings is 1. The van der Waals surface area contributed by atoms with Gasteiger partial charge in [-0.15, -0.1) is 0 Å². The zero-order valence-electron chi connectivity index (χ0n) is 11.8. The third-order valence-corrected chi connectivity index (χ3v) is 4.59. The van der Waals surface area contributed by atoms with Crippen LogP contribution in [0.5, 0.6) is 0 Å². The minimum atomic E-state index is -0.182. The molecule has 2 aliphatic heterocycles. The largest absolute Gasteiger partial charge is 0.322 e. The summed E-state index contributed by atoms with van der Waals surface area (Å²) >= 11 is 0. The number of quaternary nitrogens is 1. The average molecular weight is 273 g/mol. The number of rotatable bonds is 2. The molecule has 1 aromatic rings. The Hall–Kier alpha value is -1.68. The van der Waals surface area contributed by atoms with Crippen LogP contribution in [-0.4, -0.2) is 30.4 Å². The van der Waals surface area contributed by atoms with Gasteiger partial charge in [-0.3, -0.25) is 9.59 Å². The topological polar surface area (TPSA) is 41.8 Å². The normalized spacial score (nSPS) is 30.9. The van der Waals surface area contributed by atoms with E-state index in [0.29, 0.717) is 18.2 Å². The molecule has 0 bridgehead atoms. The number of nitrogens with zero attached hydrogens (tertiary/aromatic N) is 1. The van der Waals surface area contributed by atoms with Crippen molar-refractivity contribution < 1.29 is 14.5 Å². The maximum atomic E-state index is 12.6. The molecule has 0 saturated carbocycles. The van der Waals surface area contributed by atoms with Gasteiger partial charge in [-0.1, -0.05) is 18.2 Å². The Labute approximate surface area is 119 Å². The van der Waals surface area contributed by atoms with E-state index in [4.69, 9.17) is 0 Å². The van der Waals surface area contributed by atoms with E-state index in [1.807, 2.05) is 30.3 Å². The number of amides is 2. The molecule has 0 spiro atoms. The van der Waals surface area contributed by atoms with Crippen molar-refractivity contribution in [2.75, 3.05) is 11.4 Å². The molecular formula is C16H21N2O2+. The lowest BCUT2D eigenvalue weighted by Crippen LogP contribution is -3.20. The predicted octanol–water partition coefficient (Wildman–Crippen LogP) is 0.776. The fourth-order valence-corrected chi connectivity index (χ4v) is 3.50. The Morgan fingerprint density at radius 3 is 2.60 bits per heavy atom. The van der Waals surface area contributed by atoms with Gasteiger partial charge in [0, 0.05) is 0 Å². The molecule has 1 aromatic carbocycles. The van der Waals surface area contributed by atoms with Crippen LogP contribution in [0.15, 0.2) is 30.3 Å². The first-order valence-corrected chi connectivity index (χ1v) is 7.46. The predicted molar refractivity (Wildman–Crippen MR) is 76.5 cm³/mol. The van der Waals surface area contributed by atoms with Gasteiger partial charge in [0.25, 0.3) is 5.91 Å². The summed E-state index contributed by atoms with van der Waals surface area (Å²) in [6.45, 7) is 3.20. The van der Waals surface area contributed by atoms with Gasteiger partial charge in [0.1, 0.15) is 0 Å². The van der Waals surface area contributed by atoms with Crippen LogP contribution in [0.4, 0.5) is 5.69 Å². The Morgan fingerprint density at radius 1 is 1.15 bits per heavy atom. The van der Waals surface area contributed by atoms with Crippen LogP contribution in [0, 0.1) is 0 Å². The minimum absolute atomic E-state index is 0.0232. The third-order valence-electron chi connectivity index (χ3n) is 4.59. The number of piperidine rings is 1. The van der Waals surface area contributed by atoms with Crippen molar-refractivity contribution in [3.8, 4) is 0 Å². The van der Waals surface area contributed by atoms with Gasteiger partial charge < -0.3 is 4.90 Å². The number of carbonyl (C=O) groups excluding carboxylic acids is 2. The molecule has 2 aliphatic rings. The van der Waals surface area contributed by atoms with Gasteiger partial charge in [0.2, 0.25) is 5.91 Å². The molecule has 0 aliphatic carbocycles. The van der Waals surface area contributed by atoms with E-state index >= 15 is 0 Å². The first kappa shape index (κ1) is 13.3. The van der Waals surface area contributed by atoms with Crippen molar-refractivity contribution in [3.63, 3.8) is 0 Å². The number of likely N-dealkylation sites (tertiary alicyclic amines) is 1. The monoisotopic (exact) mass is 273 g/mol. The second kappa shape index (κ2) is 5.37. The minimum Gasteiger partial charge on any atom is -0.322 e. The van der Waals surface area contributed by atoms with E-state index in [0.717, 1.165) is 19.4 Å². The number of imide groups is 1. The zero-order valence-corrected chi connectivity index (χ0v) is 11.8. The van der Waals surface area contributed by atoms with Gasteiger partial charge in [-0.2, -0.15) is 0 Å². The van der Waals surface area contributed by atoms with Gasteiger partial charge in [-0.05, 0) is 38.3 Å². The second-order valence-corrected chi connectivity index (χ2v) is 5.88. The second-order valence-electron chi connectivity index (χ2n) is 5.88. The summed E-state index contributed by atoms with van der Waals surface area (Å²) < 4.78 is 0. The lowest BCUT2D eigenvalue weighted by atomic mass is 10.0.